The summed E-state index contributed by atoms with van der Waals surface area (Å²) < 4.78 is 66.4. The summed E-state index contributed by atoms with van der Waals surface area (Å²) in [5.74, 6) is -1.51. The number of ether oxygens (including phenoxy) is 1. The zero-order valence-electron chi connectivity index (χ0n) is 25.1. The van der Waals surface area contributed by atoms with Gasteiger partial charge in [-0.2, -0.15) is 5.10 Å². The molecule has 0 atom stereocenters. The minimum atomic E-state index is -4.31. The number of rotatable bonds is 10. The number of methoxy groups -OCH3 is 1. The zero-order valence-corrected chi connectivity index (χ0v) is 26.7. The van der Waals surface area contributed by atoms with Crippen LogP contribution in [0.2, 0.25) is 5.02 Å². The second-order valence-electron chi connectivity index (χ2n) is 11.6. The van der Waals surface area contributed by atoms with Gasteiger partial charge in [0.05, 0.1) is 28.2 Å². The molecule has 0 bridgehead atoms. The van der Waals surface area contributed by atoms with Crippen LogP contribution in [0.5, 0.6) is 0 Å². The van der Waals surface area contributed by atoms with Crippen LogP contribution < -0.4 is 15.8 Å². The number of nitrogens with one attached hydrogen (secondary N) is 2. The summed E-state index contributed by atoms with van der Waals surface area (Å²) >= 11 is 6.10. The van der Waals surface area contributed by atoms with Crippen LogP contribution in [0.1, 0.15) is 62.6 Å². The van der Waals surface area contributed by atoms with Crippen LogP contribution in [-0.2, 0) is 14.8 Å². The van der Waals surface area contributed by atoms with Gasteiger partial charge in [0.25, 0.3) is 10.0 Å². The monoisotopic (exact) mass is 646 g/mol. The number of sulfonamides is 1. The fourth-order valence-electron chi connectivity index (χ4n) is 5.88. The minimum Gasteiger partial charge on any atom is -0.383 e. The molecule has 2 aromatic carbocycles. The van der Waals surface area contributed by atoms with Crippen LogP contribution in [-0.4, -0.2) is 49.5 Å². The molecule has 0 saturated heterocycles. The first kappa shape index (κ1) is 32.1. The fourth-order valence-corrected chi connectivity index (χ4v) is 7.52. The SMILES string of the molecule is COCCNC1CCC(c2cnc(N)c3c(-c4cc(F)c(NS(=O)(=O)c5cc(C)ccc5Cl)cc4F)nn(C(C)C)c23)CC1. The quantitative estimate of drug-likeness (QED) is 0.167. The molecule has 4 N–H and O–H groups in total. The molecule has 1 saturated carbocycles. The topological polar surface area (TPSA) is 124 Å². The average Bonchev–Trinajstić information content (AvgIpc) is 3.38. The summed E-state index contributed by atoms with van der Waals surface area (Å²) in [6.07, 6.45) is 5.58. The molecular weight excluding hydrogens is 610 g/mol. The normalized spacial score (nSPS) is 17.5. The molecule has 2 heterocycles. The van der Waals surface area contributed by atoms with Gasteiger partial charge in [0.2, 0.25) is 0 Å². The van der Waals surface area contributed by atoms with Gasteiger partial charge in [-0.3, -0.25) is 9.40 Å². The van der Waals surface area contributed by atoms with E-state index >= 15 is 8.78 Å². The number of aryl methyl sites for hydroxylation is 1. The summed E-state index contributed by atoms with van der Waals surface area (Å²) in [5.41, 5.74) is 8.17. The number of hydrogen-bond donors (Lipinski definition) is 3. The van der Waals surface area contributed by atoms with Crippen molar-refractivity contribution in [3.63, 3.8) is 0 Å². The van der Waals surface area contributed by atoms with E-state index in [2.05, 4.69) is 15.0 Å². The molecule has 2 aromatic heterocycles. The van der Waals surface area contributed by atoms with Crippen LogP contribution in [0.15, 0.2) is 41.4 Å². The lowest BCUT2D eigenvalue weighted by Crippen LogP contribution is -2.34. The van der Waals surface area contributed by atoms with Gasteiger partial charge in [-0.25, -0.2) is 22.2 Å². The van der Waals surface area contributed by atoms with Gasteiger partial charge in [0.1, 0.15) is 28.0 Å². The third-order valence-corrected chi connectivity index (χ3v) is 9.96. The molecule has 9 nitrogen and oxygen atoms in total. The summed E-state index contributed by atoms with van der Waals surface area (Å²) in [7, 11) is -2.63. The molecule has 0 aliphatic heterocycles. The first-order valence-electron chi connectivity index (χ1n) is 14.6. The molecule has 0 amide bonds. The van der Waals surface area contributed by atoms with E-state index in [9.17, 15) is 8.42 Å². The van der Waals surface area contributed by atoms with Gasteiger partial charge in [-0.05, 0) is 81.7 Å². The number of aromatic nitrogens is 3. The van der Waals surface area contributed by atoms with E-state index in [0.29, 0.717) is 23.6 Å². The lowest BCUT2D eigenvalue weighted by Gasteiger charge is -2.30. The maximum Gasteiger partial charge on any atom is 0.263 e. The lowest BCUT2D eigenvalue weighted by molar-refractivity contribution is 0.191. The minimum absolute atomic E-state index is 0.0408. The summed E-state index contributed by atoms with van der Waals surface area (Å²) in [4.78, 5) is 4.22. The van der Waals surface area contributed by atoms with Crippen LogP contribution in [0.4, 0.5) is 20.3 Å². The Morgan fingerprint density at radius 1 is 1.14 bits per heavy atom. The maximum atomic E-state index is 15.8. The van der Waals surface area contributed by atoms with Gasteiger partial charge < -0.3 is 15.8 Å². The highest BCUT2D eigenvalue weighted by molar-refractivity contribution is 7.92. The molecular formula is C31H37ClF2N6O3S. The molecule has 0 radical (unpaired) electrons. The van der Waals surface area contributed by atoms with Crippen molar-refractivity contribution in [1.29, 1.82) is 0 Å². The Balaban J connectivity index is 1.52. The van der Waals surface area contributed by atoms with Crippen molar-refractivity contribution in [3.8, 4) is 11.3 Å². The molecule has 1 aliphatic carbocycles. The Bertz CT molecular complexity index is 1790. The van der Waals surface area contributed by atoms with E-state index in [4.69, 9.17) is 27.2 Å². The van der Waals surface area contributed by atoms with Crippen molar-refractivity contribution in [3.05, 3.63) is 64.3 Å². The van der Waals surface area contributed by atoms with Gasteiger partial charge in [0.15, 0.2) is 0 Å². The van der Waals surface area contributed by atoms with Crippen molar-refractivity contribution in [2.45, 2.75) is 69.4 Å². The number of benzene rings is 2. The van der Waals surface area contributed by atoms with E-state index in [-0.39, 0.29) is 39.0 Å². The van der Waals surface area contributed by atoms with Crippen molar-refractivity contribution in [2.24, 2.45) is 0 Å². The van der Waals surface area contributed by atoms with Crippen molar-refractivity contribution < 1.29 is 21.9 Å². The van der Waals surface area contributed by atoms with Gasteiger partial charge in [-0.1, -0.05) is 17.7 Å². The van der Waals surface area contributed by atoms with E-state index in [0.717, 1.165) is 55.4 Å². The Labute approximate surface area is 261 Å². The van der Waals surface area contributed by atoms with Crippen molar-refractivity contribution >= 4 is 44.0 Å². The number of hydrogen-bond acceptors (Lipinski definition) is 7. The number of anilines is 2. The standard InChI is InChI=1S/C31H37ClF2N6O3S/c1-17(2)40-30-22(19-6-8-20(9-7-19)36-11-12-43-4)16-37-31(35)28(30)29(38-40)21-14-25(34)26(15-24(21)33)39-44(41,42)27-13-18(3)5-10-23(27)32/h5,10,13-17,19-20,36,39H,6-9,11-12H2,1-4H3,(H2,35,37). The average molecular weight is 647 g/mol. The van der Waals surface area contributed by atoms with Crippen LogP contribution in [0.3, 0.4) is 0 Å². The van der Waals surface area contributed by atoms with Crippen LogP contribution in [0, 0.1) is 18.6 Å². The van der Waals surface area contributed by atoms with Gasteiger partial charge >= 0.3 is 0 Å². The molecule has 0 unspecified atom stereocenters. The number of halogens is 3. The number of nitrogen functional groups attached to an aromatic ring is 1. The summed E-state index contributed by atoms with van der Waals surface area (Å²) in [6, 6.07) is 6.46. The molecule has 0 spiro atoms. The predicted octanol–water partition coefficient (Wildman–Crippen LogP) is 6.56. The van der Waals surface area contributed by atoms with Crippen LogP contribution in [0.25, 0.3) is 22.2 Å². The number of fused-ring (bicyclic) bond motifs is 1. The van der Waals surface area contributed by atoms with Crippen molar-refractivity contribution in [2.75, 3.05) is 30.7 Å². The first-order valence-corrected chi connectivity index (χ1v) is 16.4. The third-order valence-electron chi connectivity index (χ3n) is 8.11. The highest BCUT2D eigenvalue weighted by Crippen LogP contribution is 2.42. The molecule has 236 valence electrons. The zero-order chi connectivity index (χ0) is 31.8. The molecule has 5 rings (SSSR count). The van der Waals surface area contributed by atoms with E-state index in [1.807, 2.05) is 13.8 Å². The Morgan fingerprint density at radius 2 is 1.86 bits per heavy atom. The second kappa shape index (κ2) is 13.0. The van der Waals surface area contributed by atoms with Crippen LogP contribution >= 0.6 is 11.6 Å². The third kappa shape index (κ3) is 6.39. The predicted molar refractivity (Wildman–Crippen MR) is 170 cm³/mol. The van der Waals surface area contributed by atoms with Gasteiger partial charge in [0, 0.05) is 43.6 Å². The Hall–Kier alpha value is -3.32. The smallest absolute Gasteiger partial charge is 0.263 e. The lowest BCUT2D eigenvalue weighted by atomic mass is 9.81. The Kier molecular flexibility index (Phi) is 9.45. The number of pyridine rings is 1. The highest BCUT2D eigenvalue weighted by Gasteiger charge is 2.29. The van der Waals surface area contributed by atoms with E-state index < -0.39 is 27.3 Å². The largest absolute Gasteiger partial charge is 0.383 e. The van der Waals surface area contributed by atoms with E-state index in [1.54, 1.807) is 31.0 Å². The highest BCUT2D eigenvalue weighted by atomic mass is 35.5. The summed E-state index contributed by atoms with van der Waals surface area (Å²) in [5, 5.41) is 8.66. The van der Waals surface area contributed by atoms with Gasteiger partial charge in [-0.15, -0.1) is 0 Å². The maximum absolute atomic E-state index is 15.8. The van der Waals surface area contributed by atoms with Crippen molar-refractivity contribution in [1.82, 2.24) is 20.1 Å². The molecule has 44 heavy (non-hydrogen) atoms. The first-order chi connectivity index (χ1) is 20.9. The number of nitrogens with two attached hydrogens (primary N) is 1. The molecule has 1 aliphatic rings. The second-order valence-corrected chi connectivity index (χ2v) is 13.6. The fraction of sp³-hybridized carbons (Fsp3) is 0.419. The molecule has 1 fully saturated rings. The van der Waals surface area contributed by atoms with E-state index in [1.165, 1.54) is 12.1 Å². The Morgan fingerprint density at radius 3 is 2.55 bits per heavy atom. The molecule has 4 aromatic rings. The number of nitrogens with zero attached hydrogens (tertiary/aromatic N) is 3. The molecule has 13 heteroatoms. The summed E-state index contributed by atoms with van der Waals surface area (Å²) in [6.45, 7) is 7.06.